The maximum atomic E-state index is 12.1. The van der Waals surface area contributed by atoms with Crippen LogP contribution in [-0.2, 0) is 0 Å². The normalized spacial score (nSPS) is 15.4. The third kappa shape index (κ3) is 2.25. The molecule has 0 atom stereocenters. The monoisotopic (exact) mass is 296 g/mol. The van der Waals surface area contributed by atoms with Gasteiger partial charge < -0.3 is 5.73 Å². The lowest BCUT2D eigenvalue weighted by Crippen LogP contribution is -2.47. The van der Waals surface area contributed by atoms with Gasteiger partial charge >= 0.3 is 0 Å². The standard InChI is InChI=1S/C12H13BrN2O2/c1-12(2,14)6-15-10(16)8-4-3-7(13)5-9(8)11(15)17/h3-5H,6,14H2,1-2H3. The molecule has 1 aliphatic heterocycles. The third-order valence-corrected chi connectivity index (χ3v) is 2.99. The molecule has 0 aliphatic carbocycles. The Labute approximate surface area is 108 Å². The van der Waals surface area contributed by atoms with Gasteiger partial charge in [-0.05, 0) is 32.0 Å². The van der Waals surface area contributed by atoms with Gasteiger partial charge in [-0.15, -0.1) is 0 Å². The molecule has 0 saturated heterocycles. The van der Waals surface area contributed by atoms with Crippen LogP contribution < -0.4 is 5.73 Å². The molecule has 2 N–H and O–H groups in total. The van der Waals surface area contributed by atoms with E-state index in [1.54, 1.807) is 32.0 Å². The number of carbonyl (C=O) groups excluding carboxylic acids is 2. The van der Waals surface area contributed by atoms with Crippen LogP contribution >= 0.6 is 15.9 Å². The summed E-state index contributed by atoms with van der Waals surface area (Å²) in [4.78, 5) is 25.3. The zero-order valence-corrected chi connectivity index (χ0v) is 11.2. The van der Waals surface area contributed by atoms with E-state index in [0.29, 0.717) is 11.1 Å². The highest BCUT2D eigenvalue weighted by atomic mass is 79.9. The van der Waals surface area contributed by atoms with Gasteiger partial charge in [-0.2, -0.15) is 0 Å². The van der Waals surface area contributed by atoms with Gasteiger partial charge in [-0.25, -0.2) is 0 Å². The number of hydrogen-bond acceptors (Lipinski definition) is 3. The van der Waals surface area contributed by atoms with Crippen LogP contribution in [0, 0.1) is 0 Å². The predicted molar refractivity (Wildman–Crippen MR) is 67.8 cm³/mol. The molecule has 4 nitrogen and oxygen atoms in total. The Morgan fingerprint density at radius 1 is 1.24 bits per heavy atom. The smallest absolute Gasteiger partial charge is 0.261 e. The molecule has 0 unspecified atom stereocenters. The first kappa shape index (κ1) is 12.3. The molecule has 0 radical (unpaired) electrons. The minimum Gasteiger partial charge on any atom is -0.324 e. The average Bonchev–Trinajstić information content (AvgIpc) is 2.42. The van der Waals surface area contributed by atoms with Crippen molar-refractivity contribution < 1.29 is 9.59 Å². The van der Waals surface area contributed by atoms with Crippen molar-refractivity contribution in [2.45, 2.75) is 19.4 Å². The van der Waals surface area contributed by atoms with Crippen LogP contribution in [0.15, 0.2) is 22.7 Å². The predicted octanol–water partition coefficient (Wildman–Crippen LogP) is 1.78. The summed E-state index contributed by atoms with van der Waals surface area (Å²) >= 11 is 3.29. The minimum atomic E-state index is -0.593. The number of rotatable bonds is 2. The average molecular weight is 297 g/mol. The first-order chi connectivity index (χ1) is 7.79. The SMILES string of the molecule is CC(C)(N)CN1C(=O)c2ccc(Br)cc2C1=O. The zero-order valence-electron chi connectivity index (χ0n) is 9.66. The lowest BCUT2D eigenvalue weighted by Gasteiger charge is -2.24. The van der Waals surface area contributed by atoms with Crippen LogP contribution in [-0.4, -0.2) is 28.8 Å². The van der Waals surface area contributed by atoms with Crippen molar-refractivity contribution in [2.24, 2.45) is 5.73 Å². The van der Waals surface area contributed by atoms with Crippen LogP contribution in [0.1, 0.15) is 34.6 Å². The third-order valence-electron chi connectivity index (χ3n) is 2.50. The fourth-order valence-electron chi connectivity index (χ4n) is 1.81. The van der Waals surface area contributed by atoms with E-state index in [1.165, 1.54) is 4.90 Å². The Kier molecular flexibility index (Phi) is 2.83. The highest BCUT2D eigenvalue weighted by Crippen LogP contribution is 2.26. The van der Waals surface area contributed by atoms with Gasteiger partial charge in [0.15, 0.2) is 0 Å². The molecule has 1 aromatic carbocycles. The Morgan fingerprint density at radius 3 is 2.41 bits per heavy atom. The first-order valence-electron chi connectivity index (χ1n) is 5.24. The van der Waals surface area contributed by atoms with Gasteiger partial charge in [0.1, 0.15) is 0 Å². The fourth-order valence-corrected chi connectivity index (χ4v) is 2.18. The number of nitrogens with two attached hydrogens (primary N) is 1. The number of nitrogens with zero attached hydrogens (tertiary/aromatic N) is 1. The molecule has 1 heterocycles. The van der Waals surface area contributed by atoms with Crippen molar-refractivity contribution in [1.29, 1.82) is 0 Å². The number of fused-ring (bicyclic) bond motifs is 1. The molecule has 2 rings (SSSR count). The molecule has 1 aliphatic rings. The molecular formula is C12H13BrN2O2. The van der Waals surface area contributed by atoms with Crippen LogP contribution in [0.5, 0.6) is 0 Å². The highest BCUT2D eigenvalue weighted by molar-refractivity contribution is 9.10. The van der Waals surface area contributed by atoms with Gasteiger partial charge in [0.2, 0.25) is 0 Å². The molecule has 2 amide bonds. The number of carbonyl (C=O) groups is 2. The zero-order chi connectivity index (χ0) is 12.8. The summed E-state index contributed by atoms with van der Waals surface area (Å²) in [5.41, 5.74) is 6.14. The van der Waals surface area contributed by atoms with E-state index in [1.807, 2.05) is 0 Å². The molecule has 90 valence electrons. The Hall–Kier alpha value is -1.20. The van der Waals surface area contributed by atoms with Crippen molar-refractivity contribution in [3.05, 3.63) is 33.8 Å². The van der Waals surface area contributed by atoms with E-state index in [2.05, 4.69) is 15.9 Å². The van der Waals surface area contributed by atoms with E-state index in [-0.39, 0.29) is 18.4 Å². The summed E-state index contributed by atoms with van der Waals surface area (Å²) in [5.74, 6) is -0.541. The van der Waals surface area contributed by atoms with Crippen LogP contribution in [0.2, 0.25) is 0 Å². The molecule has 0 bridgehead atoms. The second kappa shape index (κ2) is 3.92. The summed E-state index contributed by atoms with van der Waals surface area (Å²) < 4.78 is 0.784. The van der Waals surface area contributed by atoms with Gasteiger partial charge in [-0.3, -0.25) is 14.5 Å². The molecule has 0 aromatic heterocycles. The topological polar surface area (TPSA) is 63.4 Å². The molecule has 1 aromatic rings. The van der Waals surface area contributed by atoms with Gasteiger partial charge in [-0.1, -0.05) is 15.9 Å². The van der Waals surface area contributed by atoms with Gasteiger partial charge in [0.25, 0.3) is 11.8 Å². The van der Waals surface area contributed by atoms with Gasteiger partial charge in [0.05, 0.1) is 11.1 Å². The number of amides is 2. The number of hydrogen-bond donors (Lipinski definition) is 1. The lowest BCUT2D eigenvalue weighted by molar-refractivity contribution is 0.0625. The maximum Gasteiger partial charge on any atom is 0.261 e. The molecule has 0 saturated carbocycles. The Balaban J connectivity index is 2.39. The Bertz CT molecular complexity index is 506. The summed E-state index contributed by atoms with van der Waals surface area (Å²) in [6.45, 7) is 3.79. The van der Waals surface area contributed by atoms with E-state index in [9.17, 15) is 9.59 Å². The lowest BCUT2D eigenvalue weighted by atomic mass is 10.1. The summed E-state index contributed by atoms with van der Waals surface area (Å²) in [5, 5.41) is 0. The quantitative estimate of drug-likeness (QED) is 0.846. The van der Waals surface area contributed by atoms with Crippen molar-refractivity contribution in [3.8, 4) is 0 Å². The minimum absolute atomic E-state index is 0.219. The molecule has 17 heavy (non-hydrogen) atoms. The van der Waals surface area contributed by atoms with E-state index >= 15 is 0 Å². The fraction of sp³-hybridized carbons (Fsp3) is 0.333. The van der Waals surface area contributed by atoms with E-state index < -0.39 is 5.54 Å². The maximum absolute atomic E-state index is 12.1. The molecule has 0 fully saturated rings. The van der Waals surface area contributed by atoms with Crippen LogP contribution in [0.4, 0.5) is 0 Å². The molecule has 0 spiro atoms. The first-order valence-corrected chi connectivity index (χ1v) is 6.03. The summed E-state index contributed by atoms with van der Waals surface area (Å²) in [6.07, 6.45) is 0. The van der Waals surface area contributed by atoms with Crippen molar-refractivity contribution in [1.82, 2.24) is 4.90 Å². The number of benzene rings is 1. The molecule has 5 heteroatoms. The second-order valence-corrected chi connectivity index (χ2v) is 5.79. The highest BCUT2D eigenvalue weighted by Gasteiger charge is 2.37. The summed E-state index contributed by atoms with van der Waals surface area (Å²) in [6, 6.07) is 5.07. The number of imide groups is 1. The van der Waals surface area contributed by atoms with E-state index in [0.717, 1.165) is 4.47 Å². The van der Waals surface area contributed by atoms with E-state index in [4.69, 9.17) is 5.73 Å². The number of halogens is 1. The van der Waals surface area contributed by atoms with Crippen molar-refractivity contribution in [2.75, 3.05) is 6.54 Å². The summed E-state index contributed by atoms with van der Waals surface area (Å²) in [7, 11) is 0. The Morgan fingerprint density at radius 2 is 1.82 bits per heavy atom. The van der Waals surface area contributed by atoms with Gasteiger partial charge in [0, 0.05) is 16.6 Å². The largest absolute Gasteiger partial charge is 0.324 e. The second-order valence-electron chi connectivity index (χ2n) is 4.87. The van der Waals surface area contributed by atoms with Crippen molar-refractivity contribution >= 4 is 27.7 Å². The van der Waals surface area contributed by atoms with Crippen LogP contribution in [0.3, 0.4) is 0 Å². The molecular weight excluding hydrogens is 284 g/mol. The van der Waals surface area contributed by atoms with Crippen LogP contribution in [0.25, 0.3) is 0 Å². The van der Waals surface area contributed by atoms with Crippen molar-refractivity contribution in [3.63, 3.8) is 0 Å².